The van der Waals surface area contributed by atoms with Gasteiger partial charge in [0.15, 0.2) is 0 Å². The molecule has 3 aromatic rings. The molecule has 0 radical (unpaired) electrons. The van der Waals surface area contributed by atoms with Crippen molar-refractivity contribution in [1.82, 2.24) is 20.2 Å². The number of hydrogen-bond donors (Lipinski definition) is 1. The average molecular weight is 350 g/mol. The highest BCUT2D eigenvalue weighted by Crippen LogP contribution is 2.16. The Hall–Kier alpha value is -2.35. The molecule has 0 saturated carbocycles. The van der Waals surface area contributed by atoms with Crippen molar-refractivity contribution in [2.24, 2.45) is 0 Å². The van der Waals surface area contributed by atoms with Gasteiger partial charge in [-0.1, -0.05) is 0 Å². The van der Waals surface area contributed by atoms with Crippen molar-refractivity contribution in [3.8, 4) is 11.6 Å². The van der Waals surface area contributed by atoms with Crippen molar-refractivity contribution in [1.29, 1.82) is 0 Å². The zero-order valence-corrected chi connectivity index (χ0v) is 12.2. The van der Waals surface area contributed by atoms with Gasteiger partial charge in [0, 0.05) is 5.69 Å². The normalized spacial score (nSPS) is 10.6. The molecule has 0 aliphatic carbocycles. The summed E-state index contributed by atoms with van der Waals surface area (Å²) in [5.41, 5.74) is 1.26. The number of benzene rings is 1. The van der Waals surface area contributed by atoms with Gasteiger partial charge >= 0.3 is 0 Å². The smallest absolute Gasteiger partial charge is 0.267 e. The Morgan fingerprint density at radius 1 is 1.10 bits per heavy atom. The molecule has 0 spiro atoms. The van der Waals surface area contributed by atoms with E-state index >= 15 is 0 Å². The first-order valence-electron chi connectivity index (χ1n) is 6.00. The van der Waals surface area contributed by atoms with Crippen LogP contribution in [0.2, 0.25) is 0 Å². The highest BCUT2D eigenvalue weighted by atomic mass is 79.9. The van der Waals surface area contributed by atoms with Gasteiger partial charge in [0.25, 0.3) is 5.89 Å². The number of anilines is 1. The highest BCUT2D eigenvalue weighted by molar-refractivity contribution is 9.10. The summed E-state index contributed by atoms with van der Waals surface area (Å²) in [4.78, 5) is 8.16. The summed E-state index contributed by atoms with van der Waals surface area (Å²) in [7, 11) is 0. The van der Waals surface area contributed by atoms with Crippen LogP contribution in [0.15, 0.2) is 45.7 Å². The van der Waals surface area contributed by atoms with Gasteiger partial charge in [-0.25, -0.2) is 14.4 Å². The van der Waals surface area contributed by atoms with Gasteiger partial charge in [-0.2, -0.15) is 0 Å². The third-order valence-electron chi connectivity index (χ3n) is 2.59. The quantitative estimate of drug-likeness (QED) is 0.779. The number of halogens is 2. The third kappa shape index (κ3) is 3.40. The van der Waals surface area contributed by atoms with Gasteiger partial charge < -0.3 is 9.73 Å². The summed E-state index contributed by atoms with van der Waals surface area (Å²) in [6, 6.07) is 6.01. The largest absolute Gasteiger partial charge is 0.417 e. The van der Waals surface area contributed by atoms with Crippen molar-refractivity contribution in [3.63, 3.8) is 0 Å². The van der Waals surface area contributed by atoms with Gasteiger partial charge in [-0.05, 0) is 40.2 Å². The zero-order chi connectivity index (χ0) is 14.7. The predicted molar refractivity (Wildman–Crippen MR) is 76.8 cm³/mol. The van der Waals surface area contributed by atoms with Crippen LogP contribution in [0.3, 0.4) is 0 Å². The predicted octanol–water partition coefficient (Wildman–Crippen LogP) is 3.04. The van der Waals surface area contributed by atoms with E-state index in [-0.39, 0.29) is 5.82 Å². The molecule has 0 atom stereocenters. The fraction of sp³-hybridized carbons (Fsp3) is 0.0769. The molecule has 1 aromatic carbocycles. The van der Waals surface area contributed by atoms with Gasteiger partial charge in [0.05, 0.1) is 18.9 Å². The third-order valence-corrected chi connectivity index (χ3v) is 3.00. The van der Waals surface area contributed by atoms with Crippen molar-refractivity contribution in [2.45, 2.75) is 6.54 Å². The summed E-state index contributed by atoms with van der Waals surface area (Å²) in [6.45, 7) is 0.336. The molecule has 0 saturated heterocycles. The molecule has 0 fully saturated rings. The minimum atomic E-state index is -0.283. The molecule has 0 amide bonds. The molecule has 6 nitrogen and oxygen atoms in total. The molecule has 0 aliphatic rings. The SMILES string of the molecule is Fc1ccc(NCc2nnc(-c3cnc(Br)cn3)o2)cc1. The number of hydrogen-bond acceptors (Lipinski definition) is 6. The van der Waals surface area contributed by atoms with Crippen LogP contribution < -0.4 is 5.32 Å². The van der Waals surface area contributed by atoms with E-state index in [0.29, 0.717) is 28.6 Å². The molecule has 0 aliphatic heterocycles. The Kier molecular flexibility index (Phi) is 3.87. The maximum absolute atomic E-state index is 12.8. The Labute approximate surface area is 127 Å². The second-order valence-corrected chi connectivity index (χ2v) is 4.90. The van der Waals surface area contributed by atoms with E-state index in [2.05, 4.69) is 41.4 Å². The Morgan fingerprint density at radius 3 is 2.62 bits per heavy atom. The standard InChI is InChI=1S/C13H9BrFN5O/c14-11-6-17-10(5-18-11)13-20-19-12(21-13)7-16-9-3-1-8(15)2-4-9/h1-6,16H,7H2. The molecule has 3 rings (SSSR count). The summed E-state index contributed by atoms with van der Waals surface area (Å²) in [5.74, 6) is 0.416. The highest BCUT2D eigenvalue weighted by Gasteiger charge is 2.10. The summed E-state index contributed by atoms with van der Waals surface area (Å²) in [6.07, 6.45) is 3.09. The molecule has 106 valence electrons. The van der Waals surface area contributed by atoms with Crippen LogP contribution in [-0.4, -0.2) is 20.2 Å². The topological polar surface area (TPSA) is 76.7 Å². The summed E-state index contributed by atoms with van der Waals surface area (Å²) < 4.78 is 18.9. The van der Waals surface area contributed by atoms with E-state index in [1.54, 1.807) is 18.3 Å². The molecule has 21 heavy (non-hydrogen) atoms. The van der Waals surface area contributed by atoms with Crippen LogP contribution in [0.4, 0.5) is 10.1 Å². The van der Waals surface area contributed by atoms with E-state index in [9.17, 15) is 4.39 Å². The molecule has 2 aromatic heterocycles. The number of nitrogens with one attached hydrogen (secondary N) is 1. The van der Waals surface area contributed by atoms with Gasteiger partial charge in [-0.15, -0.1) is 10.2 Å². The first-order valence-corrected chi connectivity index (χ1v) is 6.80. The van der Waals surface area contributed by atoms with Gasteiger partial charge in [0.2, 0.25) is 5.89 Å². The number of rotatable bonds is 4. The maximum Gasteiger partial charge on any atom is 0.267 e. The zero-order valence-electron chi connectivity index (χ0n) is 10.6. The number of nitrogens with zero attached hydrogens (tertiary/aromatic N) is 4. The van der Waals surface area contributed by atoms with E-state index < -0.39 is 0 Å². The van der Waals surface area contributed by atoms with E-state index in [0.717, 1.165) is 5.69 Å². The molecule has 8 heteroatoms. The Morgan fingerprint density at radius 2 is 1.90 bits per heavy atom. The lowest BCUT2D eigenvalue weighted by atomic mass is 10.3. The lowest BCUT2D eigenvalue weighted by Gasteiger charge is -2.02. The van der Waals surface area contributed by atoms with Crippen molar-refractivity contribution in [2.75, 3.05) is 5.32 Å². The van der Waals surface area contributed by atoms with Crippen molar-refractivity contribution in [3.05, 3.63) is 53.0 Å². The summed E-state index contributed by atoms with van der Waals surface area (Å²) >= 11 is 3.20. The fourth-order valence-electron chi connectivity index (χ4n) is 1.60. The van der Waals surface area contributed by atoms with Crippen LogP contribution in [0, 0.1) is 5.82 Å². The molecular weight excluding hydrogens is 341 g/mol. The van der Waals surface area contributed by atoms with Crippen molar-refractivity contribution < 1.29 is 8.81 Å². The number of aromatic nitrogens is 4. The van der Waals surface area contributed by atoms with E-state index in [1.165, 1.54) is 18.3 Å². The molecule has 0 unspecified atom stereocenters. The molecule has 2 heterocycles. The minimum absolute atomic E-state index is 0.283. The van der Waals surface area contributed by atoms with E-state index in [1.807, 2.05) is 0 Å². The van der Waals surface area contributed by atoms with Crippen LogP contribution in [-0.2, 0) is 6.54 Å². The van der Waals surface area contributed by atoms with Gasteiger partial charge in [0.1, 0.15) is 16.1 Å². The van der Waals surface area contributed by atoms with Crippen molar-refractivity contribution >= 4 is 21.6 Å². The maximum atomic E-state index is 12.8. The Bertz CT molecular complexity index is 729. The van der Waals surface area contributed by atoms with Gasteiger partial charge in [-0.3, -0.25) is 0 Å². The molecule has 1 N–H and O–H groups in total. The second-order valence-electron chi connectivity index (χ2n) is 4.09. The Balaban J connectivity index is 1.67. The van der Waals surface area contributed by atoms with Crippen LogP contribution in [0.25, 0.3) is 11.6 Å². The fourth-order valence-corrected chi connectivity index (χ4v) is 1.80. The summed E-state index contributed by atoms with van der Waals surface area (Å²) in [5, 5.41) is 10.9. The van der Waals surface area contributed by atoms with E-state index in [4.69, 9.17) is 4.42 Å². The second kappa shape index (κ2) is 5.96. The monoisotopic (exact) mass is 349 g/mol. The van der Waals surface area contributed by atoms with Crippen LogP contribution in [0.5, 0.6) is 0 Å². The first-order chi connectivity index (χ1) is 10.2. The van der Waals surface area contributed by atoms with Crippen LogP contribution in [0.1, 0.15) is 5.89 Å². The first kappa shape index (κ1) is 13.6. The molecular formula is C13H9BrFN5O. The average Bonchev–Trinajstić information content (AvgIpc) is 2.96. The van der Waals surface area contributed by atoms with Crippen LogP contribution >= 0.6 is 15.9 Å². The lowest BCUT2D eigenvalue weighted by Crippen LogP contribution is -1.99. The lowest BCUT2D eigenvalue weighted by molar-refractivity contribution is 0.513. The minimum Gasteiger partial charge on any atom is -0.417 e. The molecule has 0 bridgehead atoms.